The van der Waals surface area contributed by atoms with Crippen molar-refractivity contribution in [3.05, 3.63) is 187 Å². The fourth-order valence-electron chi connectivity index (χ4n) is 6.73. The lowest BCUT2D eigenvalue weighted by molar-refractivity contribution is 0.955. The van der Waals surface area contributed by atoms with Gasteiger partial charge in [0.15, 0.2) is 5.82 Å². The molecule has 0 fully saturated rings. The van der Waals surface area contributed by atoms with Crippen LogP contribution in [0, 0.1) is 0 Å². The van der Waals surface area contributed by atoms with Gasteiger partial charge in [0.1, 0.15) is 0 Å². The molecule has 2 N–H and O–H groups in total. The first kappa shape index (κ1) is 30.1. The lowest BCUT2D eigenvalue weighted by Crippen LogP contribution is -2.30. The standard InChI is InChI=1S/C44H35N5/c1-30(27-31(2)36-22-14-24-41(36)49(45)35-19-10-5-11-20-35)34-25-26-40-38(28-34)37-21-12-13-23-39(37)48(40)42-29-46-44(33-17-8-4-9-18-33)47-43(42)32-15-6-3-7-16-32/h3-23,25-29H,2,24,45H2,1H3/b30-27+. The summed E-state index contributed by atoms with van der Waals surface area (Å²) in [4.78, 5) is 10.0. The van der Waals surface area contributed by atoms with Crippen molar-refractivity contribution in [3.63, 3.8) is 0 Å². The van der Waals surface area contributed by atoms with Gasteiger partial charge in [0, 0.05) is 39.6 Å². The molecule has 0 saturated heterocycles. The van der Waals surface area contributed by atoms with Crippen molar-refractivity contribution in [2.24, 2.45) is 5.84 Å². The number of para-hydroxylation sites is 2. The third-order valence-electron chi connectivity index (χ3n) is 9.19. The monoisotopic (exact) mass is 633 g/mol. The van der Waals surface area contributed by atoms with E-state index >= 15 is 0 Å². The van der Waals surface area contributed by atoms with Gasteiger partial charge in [-0.25, -0.2) is 15.8 Å². The highest BCUT2D eigenvalue weighted by molar-refractivity contribution is 6.10. The summed E-state index contributed by atoms with van der Waals surface area (Å²) in [7, 11) is 0. The van der Waals surface area contributed by atoms with Gasteiger partial charge >= 0.3 is 0 Å². The molecule has 49 heavy (non-hydrogen) atoms. The molecule has 0 saturated carbocycles. The summed E-state index contributed by atoms with van der Waals surface area (Å²) in [5.41, 5.74) is 12.2. The number of fused-ring (bicyclic) bond motifs is 3. The second kappa shape index (κ2) is 12.7. The predicted molar refractivity (Wildman–Crippen MR) is 204 cm³/mol. The van der Waals surface area contributed by atoms with Crippen molar-refractivity contribution in [1.82, 2.24) is 14.5 Å². The minimum absolute atomic E-state index is 0.698. The normalized spacial score (nSPS) is 13.1. The Bertz CT molecular complexity index is 2430. The van der Waals surface area contributed by atoms with Gasteiger partial charge in [-0.15, -0.1) is 0 Å². The molecular formula is C44H35N5. The van der Waals surface area contributed by atoms with Crippen LogP contribution in [0.3, 0.4) is 0 Å². The van der Waals surface area contributed by atoms with Gasteiger partial charge in [-0.2, -0.15) is 0 Å². The summed E-state index contributed by atoms with van der Waals surface area (Å²) in [6.07, 6.45) is 9.15. The maximum Gasteiger partial charge on any atom is 0.159 e. The summed E-state index contributed by atoms with van der Waals surface area (Å²) >= 11 is 0. The van der Waals surface area contributed by atoms with Gasteiger partial charge in [-0.1, -0.05) is 128 Å². The van der Waals surface area contributed by atoms with Crippen LogP contribution in [-0.4, -0.2) is 14.5 Å². The van der Waals surface area contributed by atoms with Gasteiger partial charge in [-0.3, -0.25) is 5.01 Å². The molecule has 5 heteroatoms. The molecule has 8 rings (SSSR count). The number of aromatic nitrogens is 3. The third kappa shape index (κ3) is 5.56. The summed E-state index contributed by atoms with van der Waals surface area (Å²) in [6, 6.07) is 45.8. The summed E-state index contributed by atoms with van der Waals surface area (Å²) in [5, 5.41) is 4.10. The number of hydrogen-bond donors (Lipinski definition) is 1. The highest BCUT2D eigenvalue weighted by Gasteiger charge is 2.20. The van der Waals surface area contributed by atoms with E-state index in [1.165, 1.54) is 5.39 Å². The zero-order valence-electron chi connectivity index (χ0n) is 27.3. The number of hydrogen-bond acceptors (Lipinski definition) is 4. The summed E-state index contributed by atoms with van der Waals surface area (Å²) in [6.45, 7) is 6.61. The van der Waals surface area contributed by atoms with Gasteiger partial charge in [0.05, 0.1) is 34.3 Å². The van der Waals surface area contributed by atoms with Crippen LogP contribution in [-0.2, 0) is 0 Å². The minimum atomic E-state index is 0.698. The lowest BCUT2D eigenvalue weighted by atomic mass is 9.99. The highest BCUT2D eigenvalue weighted by atomic mass is 15.4. The van der Waals surface area contributed by atoms with E-state index in [2.05, 4.69) is 103 Å². The first-order valence-corrected chi connectivity index (χ1v) is 16.5. The van der Waals surface area contributed by atoms with E-state index in [1.54, 1.807) is 5.01 Å². The van der Waals surface area contributed by atoms with Crippen LogP contribution in [0.5, 0.6) is 0 Å². The number of nitrogens with zero attached hydrogens (tertiary/aromatic N) is 4. The molecule has 0 radical (unpaired) electrons. The second-order valence-electron chi connectivity index (χ2n) is 12.3. The van der Waals surface area contributed by atoms with Crippen LogP contribution < -0.4 is 10.9 Å². The van der Waals surface area contributed by atoms with E-state index < -0.39 is 0 Å². The Morgan fingerprint density at radius 1 is 0.776 bits per heavy atom. The van der Waals surface area contributed by atoms with Gasteiger partial charge in [-0.05, 0) is 54.0 Å². The Hall–Kier alpha value is -6.30. The SMILES string of the molecule is C=C(/C=C(\C)c1ccc2c(c1)c1ccccc1n2-c1cnc(-c2ccccc2)nc1-c1ccccc1)C1=C(N(N)c2ccccc2)CC=C1. The Morgan fingerprint density at radius 2 is 1.43 bits per heavy atom. The number of hydrazine groups is 1. The topological polar surface area (TPSA) is 60.0 Å². The van der Waals surface area contributed by atoms with Crippen molar-refractivity contribution in [3.8, 4) is 28.3 Å². The molecular weight excluding hydrogens is 599 g/mol. The molecule has 7 aromatic rings. The molecule has 1 aliphatic carbocycles. The number of allylic oxidation sites excluding steroid dienone is 6. The van der Waals surface area contributed by atoms with Crippen LogP contribution >= 0.6 is 0 Å². The van der Waals surface area contributed by atoms with Crippen LogP contribution in [0.25, 0.3) is 55.7 Å². The fourth-order valence-corrected chi connectivity index (χ4v) is 6.73. The van der Waals surface area contributed by atoms with Crippen LogP contribution in [0.1, 0.15) is 18.9 Å². The Kier molecular flexibility index (Phi) is 7.80. The van der Waals surface area contributed by atoms with E-state index in [-0.39, 0.29) is 0 Å². The molecule has 0 bridgehead atoms. The molecule has 2 aromatic heterocycles. The summed E-state index contributed by atoms with van der Waals surface area (Å²) in [5.74, 6) is 7.28. The van der Waals surface area contributed by atoms with E-state index in [0.29, 0.717) is 5.82 Å². The van der Waals surface area contributed by atoms with Crippen molar-refractivity contribution in [1.29, 1.82) is 0 Å². The Balaban J connectivity index is 1.23. The second-order valence-corrected chi connectivity index (χ2v) is 12.3. The molecule has 5 aromatic carbocycles. The van der Waals surface area contributed by atoms with Crippen LogP contribution in [0.15, 0.2) is 181 Å². The third-order valence-corrected chi connectivity index (χ3v) is 9.19. The van der Waals surface area contributed by atoms with Gasteiger partial charge < -0.3 is 4.57 Å². The lowest BCUT2D eigenvalue weighted by Gasteiger charge is -2.22. The molecule has 0 atom stereocenters. The van der Waals surface area contributed by atoms with E-state index in [1.807, 2.05) is 72.9 Å². The van der Waals surface area contributed by atoms with Gasteiger partial charge in [0.25, 0.3) is 0 Å². The first-order chi connectivity index (χ1) is 24.1. The van der Waals surface area contributed by atoms with Crippen molar-refractivity contribution in [2.75, 3.05) is 5.01 Å². The van der Waals surface area contributed by atoms with Crippen molar-refractivity contribution >= 4 is 33.1 Å². The highest BCUT2D eigenvalue weighted by Crippen LogP contribution is 2.38. The molecule has 5 nitrogen and oxygen atoms in total. The molecule has 236 valence electrons. The zero-order chi connectivity index (χ0) is 33.3. The maximum absolute atomic E-state index is 6.58. The first-order valence-electron chi connectivity index (χ1n) is 16.5. The smallest absolute Gasteiger partial charge is 0.159 e. The Labute approximate surface area is 286 Å². The molecule has 0 spiro atoms. The van der Waals surface area contributed by atoms with E-state index in [0.717, 1.165) is 79.0 Å². The average molecular weight is 634 g/mol. The van der Waals surface area contributed by atoms with E-state index in [4.69, 9.17) is 15.8 Å². The molecule has 1 aliphatic rings. The van der Waals surface area contributed by atoms with Gasteiger partial charge in [0.2, 0.25) is 0 Å². The predicted octanol–water partition coefficient (Wildman–Crippen LogP) is 10.5. The van der Waals surface area contributed by atoms with Crippen LogP contribution in [0.4, 0.5) is 5.69 Å². The maximum atomic E-state index is 6.58. The van der Waals surface area contributed by atoms with Crippen molar-refractivity contribution < 1.29 is 0 Å². The minimum Gasteiger partial charge on any atom is -0.306 e. The number of nitrogens with two attached hydrogens (primary N) is 1. The largest absolute Gasteiger partial charge is 0.306 e. The summed E-state index contributed by atoms with van der Waals surface area (Å²) < 4.78 is 2.29. The zero-order valence-corrected chi connectivity index (χ0v) is 27.3. The number of rotatable bonds is 8. The number of benzene rings is 5. The van der Waals surface area contributed by atoms with E-state index in [9.17, 15) is 0 Å². The average Bonchev–Trinajstić information content (AvgIpc) is 3.79. The Morgan fingerprint density at radius 3 is 2.18 bits per heavy atom. The molecule has 0 aliphatic heterocycles. The molecule has 0 amide bonds. The van der Waals surface area contributed by atoms with Crippen molar-refractivity contribution in [2.45, 2.75) is 13.3 Å². The van der Waals surface area contributed by atoms with Crippen LogP contribution in [0.2, 0.25) is 0 Å². The fraction of sp³-hybridized carbons (Fsp3) is 0.0455. The quantitative estimate of drug-likeness (QED) is 0.103. The molecule has 2 heterocycles. The molecule has 0 unspecified atom stereocenters. The number of anilines is 1.